The Labute approximate surface area is 151 Å². The second-order valence-corrected chi connectivity index (χ2v) is 6.94. The molecule has 4 nitrogen and oxygen atoms in total. The summed E-state index contributed by atoms with van der Waals surface area (Å²) in [5.74, 6) is 0.668. The molecule has 0 aliphatic heterocycles. The molecule has 3 rings (SSSR count). The number of benzene rings is 2. The molecular formula is C20H20N2O2S. The van der Waals surface area contributed by atoms with Gasteiger partial charge in [0.05, 0.1) is 5.69 Å². The number of rotatable bonds is 5. The van der Waals surface area contributed by atoms with Crippen molar-refractivity contribution >= 4 is 23.4 Å². The van der Waals surface area contributed by atoms with Gasteiger partial charge < -0.3 is 9.73 Å². The third kappa shape index (κ3) is 4.31. The first-order valence-corrected chi connectivity index (χ1v) is 8.94. The number of amides is 1. The maximum Gasteiger partial charge on any atom is 0.257 e. The molecular weight excluding hydrogens is 332 g/mol. The Morgan fingerprint density at radius 3 is 2.32 bits per heavy atom. The van der Waals surface area contributed by atoms with Gasteiger partial charge in [-0.2, -0.15) is 0 Å². The van der Waals surface area contributed by atoms with Crippen LogP contribution in [0.4, 0.5) is 5.69 Å². The average Bonchev–Trinajstić information content (AvgIpc) is 2.93. The van der Waals surface area contributed by atoms with Crippen molar-refractivity contribution in [1.29, 1.82) is 0 Å². The van der Waals surface area contributed by atoms with Crippen LogP contribution in [0.5, 0.6) is 0 Å². The van der Waals surface area contributed by atoms with Gasteiger partial charge in [0.15, 0.2) is 0 Å². The van der Waals surface area contributed by atoms with Crippen LogP contribution in [-0.2, 0) is 4.79 Å². The summed E-state index contributed by atoms with van der Waals surface area (Å²) >= 11 is 1.32. The molecule has 0 spiro atoms. The van der Waals surface area contributed by atoms with Crippen molar-refractivity contribution in [3.8, 4) is 0 Å². The van der Waals surface area contributed by atoms with Gasteiger partial charge in [-0.05, 0) is 50.2 Å². The minimum atomic E-state index is -0.444. The van der Waals surface area contributed by atoms with Crippen LogP contribution in [0.3, 0.4) is 0 Å². The van der Waals surface area contributed by atoms with E-state index in [1.54, 1.807) is 0 Å². The summed E-state index contributed by atoms with van der Waals surface area (Å²) in [4.78, 5) is 17.3. The smallest absolute Gasteiger partial charge is 0.257 e. The van der Waals surface area contributed by atoms with Gasteiger partial charge in [-0.25, -0.2) is 4.98 Å². The zero-order valence-electron chi connectivity index (χ0n) is 14.4. The number of nitrogens with zero attached hydrogens (tertiary/aromatic N) is 1. The number of aromatic nitrogens is 1. The highest BCUT2D eigenvalue weighted by molar-refractivity contribution is 8.00. The fraction of sp³-hybridized carbons (Fsp3) is 0.200. The molecule has 3 aromatic rings. The molecule has 1 unspecified atom stereocenters. The van der Waals surface area contributed by atoms with Crippen LogP contribution in [-0.4, -0.2) is 10.9 Å². The van der Waals surface area contributed by atoms with Crippen molar-refractivity contribution < 1.29 is 9.21 Å². The maximum absolute atomic E-state index is 12.9. The predicted octanol–water partition coefficient (Wildman–Crippen LogP) is 5.07. The lowest BCUT2D eigenvalue weighted by molar-refractivity contribution is -0.115. The van der Waals surface area contributed by atoms with Crippen molar-refractivity contribution in [2.75, 3.05) is 5.32 Å². The van der Waals surface area contributed by atoms with E-state index >= 15 is 0 Å². The molecule has 1 amide bonds. The van der Waals surface area contributed by atoms with Gasteiger partial charge >= 0.3 is 0 Å². The molecule has 1 N–H and O–H groups in total. The molecule has 1 aromatic heterocycles. The summed E-state index contributed by atoms with van der Waals surface area (Å²) in [5, 5.41) is 3.04. The van der Waals surface area contributed by atoms with E-state index in [-0.39, 0.29) is 5.91 Å². The van der Waals surface area contributed by atoms with Crippen LogP contribution in [0.15, 0.2) is 64.2 Å². The van der Waals surface area contributed by atoms with E-state index in [0.29, 0.717) is 5.22 Å². The van der Waals surface area contributed by atoms with Crippen molar-refractivity contribution in [2.45, 2.75) is 31.2 Å². The number of anilines is 1. The maximum atomic E-state index is 12.9. The fourth-order valence-corrected chi connectivity index (χ4v) is 3.36. The molecule has 0 aliphatic carbocycles. The number of aryl methyl sites for hydroxylation is 3. The quantitative estimate of drug-likeness (QED) is 0.651. The van der Waals surface area contributed by atoms with E-state index < -0.39 is 5.25 Å². The Hall–Kier alpha value is -2.53. The van der Waals surface area contributed by atoms with Gasteiger partial charge in [0, 0.05) is 5.69 Å². The third-order valence-corrected chi connectivity index (χ3v) is 4.99. The molecule has 5 heteroatoms. The van der Waals surface area contributed by atoms with Crippen molar-refractivity contribution in [2.24, 2.45) is 0 Å². The number of nitrogens with one attached hydrogen (secondary N) is 1. The van der Waals surface area contributed by atoms with Crippen LogP contribution < -0.4 is 5.32 Å². The number of carbonyl (C=O) groups is 1. The van der Waals surface area contributed by atoms with E-state index in [1.807, 2.05) is 75.4 Å². The highest BCUT2D eigenvalue weighted by Crippen LogP contribution is 2.36. The lowest BCUT2D eigenvalue weighted by Gasteiger charge is -2.15. The molecule has 1 atom stereocenters. The Balaban J connectivity index is 1.85. The summed E-state index contributed by atoms with van der Waals surface area (Å²) in [6.07, 6.45) is 0. The zero-order chi connectivity index (χ0) is 17.8. The summed E-state index contributed by atoms with van der Waals surface area (Å²) in [6.45, 7) is 5.78. The Kier molecular flexibility index (Phi) is 5.24. The van der Waals surface area contributed by atoms with E-state index in [0.717, 1.165) is 28.3 Å². The normalized spacial score (nSPS) is 12.0. The Morgan fingerprint density at radius 2 is 1.72 bits per heavy atom. The van der Waals surface area contributed by atoms with Gasteiger partial charge in [-0.15, -0.1) is 0 Å². The van der Waals surface area contributed by atoms with Crippen LogP contribution in [0.25, 0.3) is 0 Å². The second kappa shape index (κ2) is 7.57. The molecule has 0 saturated heterocycles. The van der Waals surface area contributed by atoms with Gasteiger partial charge in [0.25, 0.3) is 5.22 Å². The molecule has 1 heterocycles. The van der Waals surface area contributed by atoms with Gasteiger partial charge in [0.1, 0.15) is 11.0 Å². The fourth-order valence-electron chi connectivity index (χ4n) is 2.34. The molecule has 2 aromatic carbocycles. The summed E-state index contributed by atoms with van der Waals surface area (Å²) in [5.41, 5.74) is 3.67. The standard InChI is InChI=1S/C20H20N2O2S/c1-13-9-11-17(12-10-13)22-19(23)18(16-7-5-4-6-8-16)25-20-21-14(2)15(3)24-20/h4-12,18H,1-3H3,(H,22,23). The lowest BCUT2D eigenvalue weighted by atomic mass is 10.1. The van der Waals surface area contributed by atoms with E-state index in [1.165, 1.54) is 11.8 Å². The summed E-state index contributed by atoms with van der Waals surface area (Å²) < 4.78 is 5.65. The molecule has 0 radical (unpaired) electrons. The lowest BCUT2D eigenvalue weighted by Crippen LogP contribution is -2.19. The van der Waals surface area contributed by atoms with Crippen molar-refractivity contribution in [3.05, 3.63) is 77.2 Å². The first-order chi connectivity index (χ1) is 12.0. The predicted molar refractivity (Wildman–Crippen MR) is 101 cm³/mol. The molecule has 0 saturated carbocycles. The van der Waals surface area contributed by atoms with Gasteiger partial charge in [0.2, 0.25) is 5.91 Å². The van der Waals surface area contributed by atoms with Gasteiger partial charge in [-0.3, -0.25) is 4.79 Å². The molecule has 0 aliphatic rings. The number of hydrogen-bond acceptors (Lipinski definition) is 4. The summed E-state index contributed by atoms with van der Waals surface area (Å²) in [6, 6.07) is 17.4. The van der Waals surface area contributed by atoms with Gasteiger partial charge in [-0.1, -0.05) is 48.0 Å². The largest absolute Gasteiger partial charge is 0.437 e. The van der Waals surface area contributed by atoms with Crippen LogP contribution >= 0.6 is 11.8 Å². The first-order valence-electron chi connectivity index (χ1n) is 8.06. The van der Waals surface area contributed by atoms with E-state index in [4.69, 9.17) is 4.42 Å². The second-order valence-electron chi connectivity index (χ2n) is 5.89. The molecule has 0 fully saturated rings. The third-order valence-electron chi connectivity index (χ3n) is 3.89. The van der Waals surface area contributed by atoms with Crippen LogP contribution in [0, 0.1) is 20.8 Å². The highest BCUT2D eigenvalue weighted by atomic mass is 32.2. The number of oxazole rings is 1. The Bertz CT molecular complexity index is 838. The monoisotopic (exact) mass is 352 g/mol. The van der Waals surface area contributed by atoms with E-state index in [9.17, 15) is 4.79 Å². The number of carbonyl (C=O) groups excluding carboxylic acids is 1. The highest BCUT2D eigenvalue weighted by Gasteiger charge is 2.24. The van der Waals surface area contributed by atoms with Crippen LogP contribution in [0.1, 0.15) is 27.8 Å². The van der Waals surface area contributed by atoms with Crippen LogP contribution in [0.2, 0.25) is 0 Å². The van der Waals surface area contributed by atoms with Crippen molar-refractivity contribution in [1.82, 2.24) is 4.98 Å². The minimum Gasteiger partial charge on any atom is -0.437 e. The van der Waals surface area contributed by atoms with Crippen molar-refractivity contribution in [3.63, 3.8) is 0 Å². The first kappa shape index (κ1) is 17.3. The molecule has 128 valence electrons. The zero-order valence-corrected chi connectivity index (χ0v) is 15.3. The minimum absolute atomic E-state index is 0.103. The van der Waals surface area contributed by atoms with E-state index in [2.05, 4.69) is 10.3 Å². The average molecular weight is 352 g/mol. The summed E-state index contributed by atoms with van der Waals surface area (Å²) in [7, 11) is 0. The molecule has 25 heavy (non-hydrogen) atoms. The Morgan fingerprint density at radius 1 is 1.04 bits per heavy atom. The SMILES string of the molecule is Cc1ccc(NC(=O)C(Sc2nc(C)c(C)o2)c2ccccc2)cc1. The number of hydrogen-bond donors (Lipinski definition) is 1. The molecule has 0 bridgehead atoms. The topological polar surface area (TPSA) is 55.1 Å². The number of thioether (sulfide) groups is 1.